The fraction of sp³-hybridized carbons (Fsp3) is 0.263. The number of piperazine rings is 1. The third kappa shape index (κ3) is 4.48. The van der Waals surface area contributed by atoms with Gasteiger partial charge in [-0.15, -0.1) is 0 Å². The molecule has 0 unspecified atom stereocenters. The van der Waals surface area contributed by atoms with E-state index in [-0.39, 0.29) is 6.03 Å². The predicted octanol–water partition coefficient (Wildman–Crippen LogP) is 5.43. The number of hydrogen-bond acceptors (Lipinski definition) is 4. The highest BCUT2D eigenvalue weighted by Gasteiger charge is 2.30. The van der Waals surface area contributed by atoms with Crippen LogP contribution in [-0.2, 0) is 6.18 Å². The Morgan fingerprint density at radius 2 is 1.76 bits per heavy atom. The molecule has 2 amide bonds. The zero-order valence-corrected chi connectivity index (χ0v) is 17.4. The van der Waals surface area contributed by atoms with Gasteiger partial charge in [-0.3, -0.25) is 0 Å². The van der Waals surface area contributed by atoms with Crippen LogP contribution in [0.2, 0.25) is 0 Å². The molecule has 1 aliphatic heterocycles. The molecule has 3 aromatic rings. The number of anilines is 2. The summed E-state index contributed by atoms with van der Waals surface area (Å²) in [6.07, 6.45) is -4.39. The molecule has 1 aliphatic rings. The van der Waals surface area contributed by atoms with Crippen LogP contribution in [0, 0.1) is 0 Å². The first-order chi connectivity index (χ1) is 13.8. The van der Waals surface area contributed by atoms with Crippen molar-refractivity contribution >= 4 is 54.3 Å². The van der Waals surface area contributed by atoms with E-state index in [1.165, 1.54) is 12.1 Å². The molecule has 29 heavy (non-hydrogen) atoms. The van der Waals surface area contributed by atoms with Gasteiger partial charge in [0.15, 0.2) is 5.13 Å². The van der Waals surface area contributed by atoms with Crippen molar-refractivity contribution in [1.82, 2.24) is 9.88 Å². The van der Waals surface area contributed by atoms with E-state index < -0.39 is 11.7 Å². The van der Waals surface area contributed by atoms with Gasteiger partial charge in [0.25, 0.3) is 0 Å². The maximum absolute atomic E-state index is 12.6. The van der Waals surface area contributed by atoms with Gasteiger partial charge in [0.05, 0.1) is 15.8 Å². The second-order valence-corrected chi connectivity index (χ2v) is 8.51. The summed E-state index contributed by atoms with van der Waals surface area (Å²) in [5.41, 5.74) is 0.532. The van der Waals surface area contributed by atoms with E-state index in [0.717, 1.165) is 32.0 Å². The largest absolute Gasteiger partial charge is 0.416 e. The molecular formula is C19H16BrF3N4OS. The van der Waals surface area contributed by atoms with Crippen molar-refractivity contribution in [3.05, 3.63) is 52.5 Å². The van der Waals surface area contributed by atoms with Crippen LogP contribution in [0.25, 0.3) is 10.2 Å². The summed E-state index contributed by atoms with van der Waals surface area (Å²) in [6.45, 7) is 2.29. The van der Waals surface area contributed by atoms with Gasteiger partial charge in [0, 0.05) is 36.3 Å². The van der Waals surface area contributed by atoms with Crippen molar-refractivity contribution < 1.29 is 18.0 Å². The molecule has 4 rings (SSSR count). The second kappa shape index (κ2) is 7.83. The molecule has 0 radical (unpaired) electrons. The Morgan fingerprint density at radius 3 is 2.41 bits per heavy atom. The number of rotatable bonds is 2. The number of carbonyl (C=O) groups excluding carboxylic acids is 1. The number of aromatic nitrogens is 1. The third-order valence-corrected chi connectivity index (χ3v) is 6.21. The van der Waals surface area contributed by atoms with Crippen LogP contribution in [0.15, 0.2) is 46.9 Å². The Morgan fingerprint density at radius 1 is 1.07 bits per heavy atom. The Bertz CT molecular complexity index is 1030. The number of nitrogens with one attached hydrogen (secondary N) is 1. The first-order valence-corrected chi connectivity index (χ1v) is 10.4. The molecule has 0 aliphatic carbocycles. The van der Waals surface area contributed by atoms with Gasteiger partial charge in [0.2, 0.25) is 0 Å². The van der Waals surface area contributed by atoms with E-state index >= 15 is 0 Å². The lowest BCUT2D eigenvalue weighted by molar-refractivity contribution is -0.137. The molecule has 1 fully saturated rings. The summed E-state index contributed by atoms with van der Waals surface area (Å²) in [6, 6.07) is 10.1. The number of amides is 2. The highest BCUT2D eigenvalue weighted by molar-refractivity contribution is 9.10. The number of urea groups is 1. The van der Waals surface area contributed by atoms with Gasteiger partial charge in [-0.05, 0) is 42.5 Å². The minimum Gasteiger partial charge on any atom is -0.345 e. The maximum Gasteiger partial charge on any atom is 0.416 e. The summed E-state index contributed by atoms with van der Waals surface area (Å²) in [5.74, 6) is 0. The highest BCUT2D eigenvalue weighted by atomic mass is 79.9. The van der Waals surface area contributed by atoms with Crippen LogP contribution >= 0.6 is 27.3 Å². The molecule has 0 bridgehead atoms. The molecule has 152 valence electrons. The van der Waals surface area contributed by atoms with Crippen LogP contribution in [-0.4, -0.2) is 42.1 Å². The van der Waals surface area contributed by atoms with Crippen molar-refractivity contribution in [2.45, 2.75) is 6.18 Å². The lowest BCUT2D eigenvalue weighted by atomic mass is 10.2. The van der Waals surface area contributed by atoms with E-state index in [1.54, 1.807) is 16.2 Å². The van der Waals surface area contributed by atoms with Crippen LogP contribution < -0.4 is 10.2 Å². The Kier molecular flexibility index (Phi) is 5.39. The minimum atomic E-state index is -4.39. The van der Waals surface area contributed by atoms with E-state index in [0.29, 0.717) is 31.9 Å². The van der Waals surface area contributed by atoms with Crippen LogP contribution in [0.3, 0.4) is 0 Å². The van der Waals surface area contributed by atoms with E-state index in [2.05, 4.69) is 31.1 Å². The number of thiazole rings is 1. The molecule has 0 saturated carbocycles. The van der Waals surface area contributed by atoms with Crippen molar-refractivity contribution in [3.8, 4) is 0 Å². The Hall–Kier alpha value is -2.33. The van der Waals surface area contributed by atoms with Crippen LogP contribution in [0.1, 0.15) is 5.56 Å². The van der Waals surface area contributed by atoms with Crippen molar-refractivity contribution in [3.63, 3.8) is 0 Å². The molecule has 0 atom stereocenters. The summed E-state index contributed by atoms with van der Waals surface area (Å²) in [5, 5.41) is 3.57. The van der Waals surface area contributed by atoms with Gasteiger partial charge in [0.1, 0.15) is 0 Å². The van der Waals surface area contributed by atoms with Crippen molar-refractivity contribution in [2.24, 2.45) is 0 Å². The summed E-state index contributed by atoms with van der Waals surface area (Å²) < 4.78 is 40.0. The van der Waals surface area contributed by atoms with Gasteiger partial charge < -0.3 is 15.1 Å². The predicted molar refractivity (Wildman–Crippen MR) is 112 cm³/mol. The molecule has 2 heterocycles. The fourth-order valence-corrected chi connectivity index (χ4v) is 4.64. The normalized spacial score (nSPS) is 15.0. The average Bonchev–Trinajstić information content (AvgIpc) is 3.11. The van der Waals surface area contributed by atoms with Gasteiger partial charge >= 0.3 is 12.2 Å². The number of benzene rings is 2. The highest BCUT2D eigenvalue weighted by Crippen LogP contribution is 2.32. The van der Waals surface area contributed by atoms with Gasteiger partial charge in [-0.25, -0.2) is 9.78 Å². The fourth-order valence-electron chi connectivity index (χ4n) is 3.07. The number of hydrogen-bond donors (Lipinski definition) is 1. The first-order valence-electron chi connectivity index (χ1n) is 8.84. The number of halogens is 4. The second-order valence-electron chi connectivity index (χ2n) is 6.59. The first kappa shape index (κ1) is 20.0. The van der Waals surface area contributed by atoms with E-state index in [4.69, 9.17) is 0 Å². The van der Waals surface area contributed by atoms with Gasteiger partial charge in [-0.1, -0.05) is 27.3 Å². The quantitative estimate of drug-likeness (QED) is 0.527. The number of alkyl halides is 3. The zero-order valence-electron chi connectivity index (χ0n) is 15.0. The average molecular weight is 485 g/mol. The Balaban J connectivity index is 1.35. The maximum atomic E-state index is 12.6. The standard InChI is InChI=1S/C19H16BrF3N4OS/c20-13-3-6-15-16(11-13)29-18(25-15)27-9-7-26(8-10-27)17(28)24-14-4-1-12(2-5-14)19(21,22)23/h1-6,11H,7-10H2,(H,24,28). The zero-order chi connectivity index (χ0) is 20.6. The number of fused-ring (bicyclic) bond motifs is 1. The molecule has 2 aromatic carbocycles. The summed E-state index contributed by atoms with van der Waals surface area (Å²) in [4.78, 5) is 20.9. The molecule has 1 aromatic heterocycles. The van der Waals surface area contributed by atoms with Crippen LogP contribution in [0.4, 0.5) is 28.8 Å². The van der Waals surface area contributed by atoms with Gasteiger partial charge in [-0.2, -0.15) is 13.2 Å². The van der Waals surface area contributed by atoms with E-state index in [1.807, 2.05) is 18.2 Å². The molecule has 5 nitrogen and oxygen atoms in total. The summed E-state index contributed by atoms with van der Waals surface area (Å²) >= 11 is 5.07. The topological polar surface area (TPSA) is 48.5 Å². The molecule has 1 saturated heterocycles. The number of nitrogens with zero attached hydrogens (tertiary/aromatic N) is 3. The minimum absolute atomic E-state index is 0.322. The Labute approximate surface area is 177 Å². The van der Waals surface area contributed by atoms with Crippen LogP contribution in [0.5, 0.6) is 0 Å². The van der Waals surface area contributed by atoms with Crippen molar-refractivity contribution in [2.75, 3.05) is 36.4 Å². The summed E-state index contributed by atoms with van der Waals surface area (Å²) in [7, 11) is 0. The third-order valence-electron chi connectivity index (χ3n) is 4.64. The molecule has 10 heteroatoms. The SMILES string of the molecule is O=C(Nc1ccc(C(F)(F)F)cc1)N1CCN(c2nc3ccc(Br)cc3s2)CC1. The lowest BCUT2D eigenvalue weighted by Gasteiger charge is -2.34. The van der Waals surface area contributed by atoms with E-state index in [9.17, 15) is 18.0 Å². The monoisotopic (exact) mass is 484 g/mol. The molecule has 1 N–H and O–H groups in total. The number of carbonyl (C=O) groups is 1. The molecule has 0 spiro atoms. The molecular weight excluding hydrogens is 469 g/mol. The smallest absolute Gasteiger partial charge is 0.345 e. The van der Waals surface area contributed by atoms with Crippen molar-refractivity contribution in [1.29, 1.82) is 0 Å². The lowest BCUT2D eigenvalue weighted by Crippen LogP contribution is -2.50.